The second-order valence-corrected chi connectivity index (χ2v) is 62.9. The fourth-order valence-corrected chi connectivity index (χ4v) is 4.82. The Kier molecular flexibility index (Phi) is 103. The first-order chi connectivity index (χ1) is 51.5. The minimum atomic E-state index is -0.611. The SMILES string of the molecule is C=CC(C)C.C=CC(C)C.C=CC(C)C.C=CC(C)C.C=CC(C)C.C=CC(C)C.CC(C)COC1CO1.CC(C)COC1CO1.CC(C)CO[C@@H]1CO1.CC(C)CO[C@@H]1CO1.CCC1CCCCC1.CCCOC1CO1.CCCOC1CO1.CCc1ccccc1.C[Si](C)(C)C.C[Si](C)(C)C.C[Si](C)(C)C.C[Si](C)(C)C. The molecule has 0 radical (unpaired) electrons. The fraction of sp³-hybridized carbons (Fsp3) is 0.812. The van der Waals surface area contributed by atoms with E-state index in [0.29, 0.717) is 59.2 Å². The standard InChI is InChI=1S/C8H16.C8H10.4C6H12O2.2C5H10O2.6C5H10.4C4H12Si/c2*1-2-8-6-4-3-5-7-8;4*1-5(2)3-7-6-4-8-6;2*1-2-3-6-5-4-7-5;6*1-4-5(2)3;4*1-5(2,3)4/h8H,2-7H2,1H3;3-7H,2H2,1H3;4*5-6H,3-4H2,1-2H3;2*5H,2-4H2,1H3;6*4-5H,1H2,2-3H3;4*1-4H3/t;;2*6-;;;;;;;;;;;;;;/m..00............../s1. The predicted octanol–water partition coefficient (Wildman–Crippen LogP) is 29.6. The van der Waals surface area contributed by atoms with Crippen molar-refractivity contribution in [1.82, 2.24) is 0 Å². The van der Waals surface area contributed by atoms with Gasteiger partial charge in [-0.25, -0.2) is 0 Å². The summed E-state index contributed by atoms with van der Waals surface area (Å²) in [5.74, 6) is 7.47. The molecule has 12 nitrogen and oxygen atoms in total. The first-order valence-electron chi connectivity index (χ1n) is 43.7. The number of allylic oxidation sites excluding steroid dienone is 6. The first-order valence-corrected chi connectivity index (χ1v) is 59.7. The van der Waals surface area contributed by atoms with Crippen LogP contribution in [0.5, 0.6) is 0 Å². The normalized spacial score (nSPS) is 17.9. The molecule has 0 N–H and O–H groups in total. The number of hydrogen-bond acceptors (Lipinski definition) is 12. The number of epoxide rings is 6. The molecule has 4 unspecified atom stereocenters. The molecule has 6 heterocycles. The predicted molar refractivity (Wildman–Crippen MR) is 514 cm³/mol. The van der Waals surface area contributed by atoms with Crippen LogP contribution in [-0.4, -0.2) is 149 Å². The van der Waals surface area contributed by atoms with Gasteiger partial charge in [0.1, 0.15) is 39.6 Å². The number of rotatable bonds is 26. The molecule has 6 atom stereocenters. The lowest BCUT2D eigenvalue weighted by Gasteiger charge is -2.18. The molecule has 1 aliphatic carbocycles. The summed E-state index contributed by atoms with van der Waals surface area (Å²) in [4.78, 5) is 0. The molecular formula is C96H202O12Si4. The van der Waals surface area contributed by atoms with Crippen LogP contribution in [0.2, 0.25) is 105 Å². The number of benzene rings is 1. The summed E-state index contributed by atoms with van der Waals surface area (Å²) in [7, 11) is -2.44. The Morgan fingerprint density at radius 1 is 0.312 bits per heavy atom. The highest BCUT2D eigenvalue weighted by molar-refractivity contribution is 6.75. The topological polar surface area (TPSA) is 131 Å². The van der Waals surface area contributed by atoms with Gasteiger partial charge >= 0.3 is 0 Å². The van der Waals surface area contributed by atoms with Crippen LogP contribution in [0.3, 0.4) is 0 Å². The van der Waals surface area contributed by atoms with Crippen molar-refractivity contribution in [3.8, 4) is 0 Å². The molecule has 1 saturated carbocycles. The maximum absolute atomic E-state index is 5.19. The summed E-state index contributed by atoms with van der Waals surface area (Å²) in [5, 5.41) is 0. The molecule has 6 aliphatic heterocycles. The van der Waals surface area contributed by atoms with Gasteiger partial charge in [-0.1, -0.05) is 376 Å². The Balaban J connectivity index is -0.000000124. The molecule has 7 aliphatic rings. The van der Waals surface area contributed by atoms with E-state index in [4.69, 9.17) is 56.8 Å². The molecule has 674 valence electrons. The van der Waals surface area contributed by atoms with E-state index in [1.807, 2.05) is 42.5 Å². The highest BCUT2D eigenvalue weighted by Gasteiger charge is 2.26. The third-order valence-electron chi connectivity index (χ3n) is 11.7. The Labute approximate surface area is 707 Å². The summed E-state index contributed by atoms with van der Waals surface area (Å²) >= 11 is 0. The van der Waals surface area contributed by atoms with Crippen LogP contribution in [0.25, 0.3) is 0 Å². The molecule has 112 heavy (non-hydrogen) atoms. The highest BCUT2D eigenvalue weighted by atomic mass is 28.3. The van der Waals surface area contributed by atoms with Gasteiger partial charge in [0, 0.05) is 45.5 Å². The lowest BCUT2D eigenvalue weighted by Crippen LogP contribution is -2.10. The van der Waals surface area contributed by atoms with Crippen LogP contribution in [0.4, 0.5) is 0 Å². The maximum atomic E-state index is 5.19. The number of ether oxygens (including phenoxy) is 12. The largest absolute Gasteiger partial charge is 0.350 e. The molecule has 0 bridgehead atoms. The zero-order valence-electron chi connectivity index (χ0n) is 82.7. The van der Waals surface area contributed by atoms with Gasteiger partial charge in [-0.2, -0.15) is 0 Å². The first kappa shape index (κ1) is 131. The van der Waals surface area contributed by atoms with Crippen molar-refractivity contribution in [3.05, 3.63) is 112 Å². The second-order valence-electron chi connectivity index (χ2n) is 38.9. The molecule has 7 fully saturated rings. The average molecular weight is 1660 g/mol. The number of aryl methyl sites for hydroxylation is 1. The Hall–Kier alpha value is -1.95. The van der Waals surface area contributed by atoms with Crippen LogP contribution < -0.4 is 0 Å². The van der Waals surface area contributed by atoms with Gasteiger partial charge < -0.3 is 56.8 Å². The Morgan fingerprint density at radius 2 is 0.482 bits per heavy atom. The molecule has 1 aromatic rings. The van der Waals surface area contributed by atoms with Gasteiger partial charge in [0.15, 0.2) is 37.7 Å². The zero-order valence-corrected chi connectivity index (χ0v) is 86.7. The van der Waals surface area contributed by atoms with Gasteiger partial charge in [-0.15, -0.1) is 39.5 Å². The summed E-state index contributed by atoms with van der Waals surface area (Å²) in [6.07, 6.45) is 24.6. The summed E-state index contributed by atoms with van der Waals surface area (Å²) in [6, 6.07) is 10.5. The molecule has 0 aromatic heterocycles. The van der Waals surface area contributed by atoms with Crippen molar-refractivity contribution in [2.24, 2.45) is 65.1 Å². The van der Waals surface area contributed by atoms with Crippen LogP contribution in [0.1, 0.15) is 223 Å². The summed E-state index contributed by atoms with van der Waals surface area (Å²) in [5.41, 5.74) is 1.41. The lowest BCUT2D eigenvalue weighted by atomic mass is 9.88. The van der Waals surface area contributed by atoms with Gasteiger partial charge in [0.05, 0.1) is 26.4 Å². The summed E-state index contributed by atoms with van der Waals surface area (Å²) in [6.45, 7) is 119. The van der Waals surface area contributed by atoms with Crippen molar-refractivity contribution in [3.63, 3.8) is 0 Å². The highest BCUT2D eigenvalue weighted by Crippen LogP contribution is 2.25. The smallest absolute Gasteiger partial charge is 0.181 e. The van der Waals surface area contributed by atoms with Crippen LogP contribution in [0, 0.1) is 65.1 Å². The van der Waals surface area contributed by atoms with E-state index in [-0.39, 0.29) is 37.7 Å². The van der Waals surface area contributed by atoms with E-state index in [1.165, 1.54) is 44.1 Å². The minimum Gasteiger partial charge on any atom is -0.350 e. The van der Waals surface area contributed by atoms with Gasteiger partial charge in [0.25, 0.3) is 0 Å². The van der Waals surface area contributed by atoms with Gasteiger partial charge in [-0.3, -0.25) is 0 Å². The number of hydrogen-bond donors (Lipinski definition) is 0. The van der Waals surface area contributed by atoms with E-state index < -0.39 is 32.3 Å². The quantitative estimate of drug-likeness (QED) is 0.0497. The molecule has 16 heteroatoms. The average Bonchev–Trinajstić information content (AvgIpc) is 1.94. The molecular weight excluding hydrogens is 1460 g/mol. The molecule has 0 spiro atoms. The van der Waals surface area contributed by atoms with E-state index in [9.17, 15) is 0 Å². The van der Waals surface area contributed by atoms with E-state index in [0.717, 1.165) is 104 Å². The third kappa shape index (κ3) is 214. The lowest BCUT2D eigenvalue weighted by molar-refractivity contribution is 0.0342. The minimum absolute atomic E-state index is 0.136. The fourth-order valence-electron chi connectivity index (χ4n) is 4.82. The van der Waals surface area contributed by atoms with Crippen LogP contribution in [0.15, 0.2) is 106 Å². The van der Waals surface area contributed by atoms with Gasteiger partial charge in [0.2, 0.25) is 0 Å². The maximum Gasteiger partial charge on any atom is 0.181 e. The van der Waals surface area contributed by atoms with Crippen LogP contribution >= 0.6 is 0 Å². The molecule has 6 saturated heterocycles. The molecule has 1 aromatic carbocycles. The van der Waals surface area contributed by atoms with Crippen molar-refractivity contribution in [2.75, 3.05) is 79.3 Å². The van der Waals surface area contributed by atoms with Crippen LogP contribution in [-0.2, 0) is 63.3 Å². The van der Waals surface area contributed by atoms with Crippen molar-refractivity contribution >= 4 is 32.3 Å². The van der Waals surface area contributed by atoms with E-state index in [1.54, 1.807) is 0 Å². The zero-order chi connectivity index (χ0) is 89.5. The Bertz CT molecular complexity index is 1760. The Morgan fingerprint density at radius 3 is 0.589 bits per heavy atom. The second kappa shape index (κ2) is 88.3. The van der Waals surface area contributed by atoms with Crippen molar-refractivity contribution in [1.29, 1.82) is 0 Å². The van der Waals surface area contributed by atoms with Gasteiger partial charge in [-0.05, 0) is 89.9 Å². The molecule has 8 rings (SSSR count). The summed E-state index contributed by atoms with van der Waals surface area (Å²) < 4.78 is 59.9. The monoisotopic (exact) mass is 1660 g/mol. The third-order valence-corrected chi connectivity index (χ3v) is 11.7. The molecule has 0 amide bonds. The van der Waals surface area contributed by atoms with E-state index >= 15 is 0 Å². The van der Waals surface area contributed by atoms with Crippen molar-refractivity contribution < 1.29 is 56.8 Å². The van der Waals surface area contributed by atoms with E-state index in [2.05, 4.69) is 335 Å². The van der Waals surface area contributed by atoms with Crippen molar-refractivity contribution in [2.45, 2.75) is 366 Å².